The molecule has 21 heavy (non-hydrogen) atoms. The number of piperidine rings is 1. The number of anilines is 1. The monoisotopic (exact) mass is 305 g/mol. The molecular formula is C15H16ClN3O2. The number of nitrogens with one attached hydrogen (secondary N) is 1. The summed E-state index contributed by atoms with van der Waals surface area (Å²) >= 11 is 6.28. The molecule has 1 amide bonds. The summed E-state index contributed by atoms with van der Waals surface area (Å²) in [6, 6.07) is 9.79. The molecule has 0 bridgehead atoms. The van der Waals surface area contributed by atoms with Crippen molar-refractivity contribution in [3.8, 4) is 0 Å². The van der Waals surface area contributed by atoms with E-state index in [1.807, 2.05) is 30.3 Å². The summed E-state index contributed by atoms with van der Waals surface area (Å²) < 4.78 is 0. The molecular weight excluding hydrogens is 290 g/mol. The molecule has 0 atom stereocenters. The van der Waals surface area contributed by atoms with Crippen molar-refractivity contribution >= 4 is 34.4 Å². The van der Waals surface area contributed by atoms with Crippen LogP contribution < -0.4 is 5.32 Å². The summed E-state index contributed by atoms with van der Waals surface area (Å²) in [4.78, 5) is 16.9. The van der Waals surface area contributed by atoms with Crippen molar-refractivity contribution in [2.24, 2.45) is 0 Å². The molecule has 1 aliphatic heterocycles. The molecule has 1 aliphatic rings. The van der Waals surface area contributed by atoms with Crippen LogP contribution in [0.5, 0.6) is 0 Å². The second kappa shape index (κ2) is 5.77. The molecule has 2 aromatic rings. The molecule has 0 unspecified atom stereocenters. The van der Waals surface area contributed by atoms with Crippen LogP contribution in [0.1, 0.15) is 12.8 Å². The highest BCUT2D eigenvalue weighted by molar-refractivity contribution is 6.35. The highest BCUT2D eigenvalue weighted by Crippen LogP contribution is 2.26. The minimum Gasteiger partial charge on any atom is -0.465 e. The lowest BCUT2D eigenvalue weighted by Gasteiger charge is -2.30. The van der Waals surface area contributed by atoms with Crippen LogP contribution in [0, 0.1) is 0 Å². The van der Waals surface area contributed by atoms with Crippen molar-refractivity contribution in [1.82, 2.24) is 9.88 Å². The summed E-state index contributed by atoms with van der Waals surface area (Å²) in [7, 11) is 0. The molecule has 0 radical (unpaired) electrons. The van der Waals surface area contributed by atoms with Crippen LogP contribution in [0.4, 0.5) is 10.6 Å². The molecule has 110 valence electrons. The van der Waals surface area contributed by atoms with Gasteiger partial charge in [0.1, 0.15) is 5.82 Å². The third-order valence-corrected chi connectivity index (χ3v) is 4.10. The van der Waals surface area contributed by atoms with Gasteiger partial charge in [-0.1, -0.05) is 29.8 Å². The number of para-hydroxylation sites is 1. The number of rotatable bonds is 2. The fourth-order valence-corrected chi connectivity index (χ4v) is 2.89. The molecule has 1 aromatic heterocycles. The Bertz CT molecular complexity index is 669. The number of likely N-dealkylation sites (tertiary alicyclic amines) is 1. The predicted octanol–water partition coefficient (Wildman–Crippen LogP) is 3.44. The minimum absolute atomic E-state index is 0.227. The van der Waals surface area contributed by atoms with Gasteiger partial charge in [0, 0.05) is 24.5 Å². The number of hydrogen-bond acceptors (Lipinski definition) is 3. The highest BCUT2D eigenvalue weighted by Gasteiger charge is 2.22. The summed E-state index contributed by atoms with van der Waals surface area (Å²) in [6.45, 7) is 1.10. The molecule has 2 N–H and O–H groups in total. The lowest BCUT2D eigenvalue weighted by atomic mass is 10.1. The van der Waals surface area contributed by atoms with Gasteiger partial charge in [0.2, 0.25) is 0 Å². The second-order valence-electron chi connectivity index (χ2n) is 5.19. The van der Waals surface area contributed by atoms with Gasteiger partial charge in [-0.05, 0) is 25.0 Å². The molecule has 0 aliphatic carbocycles. The fraction of sp³-hybridized carbons (Fsp3) is 0.333. The zero-order chi connectivity index (χ0) is 14.8. The van der Waals surface area contributed by atoms with Gasteiger partial charge in [-0.15, -0.1) is 0 Å². The predicted molar refractivity (Wildman–Crippen MR) is 83.0 cm³/mol. The zero-order valence-corrected chi connectivity index (χ0v) is 12.2. The second-order valence-corrected chi connectivity index (χ2v) is 5.60. The largest absolute Gasteiger partial charge is 0.465 e. The smallest absolute Gasteiger partial charge is 0.407 e. The van der Waals surface area contributed by atoms with E-state index in [9.17, 15) is 4.79 Å². The van der Waals surface area contributed by atoms with E-state index in [0.29, 0.717) is 18.1 Å². The van der Waals surface area contributed by atoms with Gasteiger partial charge < -0.3 is 15.3 Å². The van der Waals surface area contributed by atoms with E-state index in [1.165, 1.54) is 4.90 Å². The van der Waals surface area contributed by atoms with Crippen LogP contribution in [0.15, 0.2) is 30.3 Å². The minimum atomic E-state index is -0.847. The Morgan fingerprint density at radius 2 is 2.05 bits per heavy atom. The van der Waals surface area contributed by atoms with Crippen LogP contribution >= 0.6 is 11.6 Å². The van der Waals surface area contributed by atoms with E-state index in [-0.39, 0.29) is 6.04 Å². The summed E-state index contributed by atoms with van der Waals surface area (Å²) in [5, 5.41) is 13.9. The molecule has 3 rings (SSSR count). The SMILES string of the molecule is O=C(O)N1CCC(Nc2cc(Cl)c3ccccc3n2)CC1. The molecule has 6 heteroatoms. The Balaban J connectivity index is 1.73. The van der Waals surface area contributed by atoms with E-state index < -0.39 is 6.09 Å². The zero-order valence-electron chi connectivity index (χ0n) is 11.4. The van der Waals surface area contributed by atoms with Crippen LogP contribution in [-0.2, 0) is 0 Å². The molecule has 0 spiro atoms. The fourth-order valence-electron chi connectivity index (χ4n) is 2.63. The maximum Gasteiger partial charge on any atom is 0.407 e. The quantitative estimate of drug-likeness (QED) is 0.892. The topological polar surface area (TPSA) is 65.5 Å². The first-order valence-corrected chi connectivity index (χ1v) is 7.31. The number of halogens is 1. The Kier molecular flexibility index (Phi) is 3.84. The third kappa shape index (κ3) is 3.03. The van der Waals surface area contributed by atoms with Gasteiger partial charge in [0.25, 0.3) is 0 Å². The number of pyridine rings is 1. The van der Waals surface area contributed by atoms with E-state index >= 15 is 0 Å². The highest BCUT2D eigenvalue weighted by atomic mass is 35.5. The normalized spacial score (nSPS) is 16.1. The van der Waals surface area contributed by atoms with Crippen molar-refractivity contribution < 1.29 is 9.90 Å². The molecule has 2 heterocycles. The number of benzene rings is 1. The summed E-state index contributed by atoms with van der Waals surface area (Å²) in [6.07, 6.45) is 0.706. The summed E-state index contributed by atoms with van der Waals surface area (Å²) in [5.41, 5.74) is 0.857. The third-order valence-electron chi connectivity index (χ3n) is 3.78. The average molecular weight is 306 g/mol. The van der Waals surface area contributed by atoms with Gasteiger partial charge >= 0.3 is 6.09 Å². The number of fused-ring (bicyclic) bond motifs is 1. The van der Waals surface area contributed by atoms with Gasteiger partial charge in [-0.25, -0.2) is 9.78 Å². The number of hydrogen-bond donors (Lipinski definition) is 2. The van der Waals surface area contributed by atoms with Crippen LogP contribution in [-0.4, -0.2) is 40.2 Å². The number of nitrogens with zero attached hydrogens (tertiary/aromatic N) is 2. The number of aromatic nitrogens is 1. The van der Waals surface area contributed by atoms with Crippen molar-refractivity contribution in [1.29, 1.82) is 0 Å². The molecule has 5 nitrogen and oxygen atoms in total. The van der Waals surface area contributed by atoms with Crippen molar-refractivity contribution in [2.45, 2.75) is 18.9 Å². The number of amides is 1. The maximum atomic E-state index is 10.9. The van der Waals surface area contributed by atoms with Crippen LogP contribution in [0.3, 0.4) is 0 Å². The molecule has 1 saturated heterocycles. The lowest BCUT2D eigenvalue weighted by Crippen LogP contribution is -2.41. The first-order valence-electron chi connectivity index (χ1n) is 6.93. The van der Waals surface area contributed by atoms with E-state index in [1.54, 1.807) is 0 Å². The Labute approximate surface area is 127 Å². The Morgan fingerprint density at radius 3 is 2.76 bits per heavy atom. The number of carboxylic acid groups (broad SMARTS) is 1. The van der Waals surface area contributed by atoms with Gasteiger partial charge in [0.05, 0.1) is 10.5 Å². The van der Waals surface area contributed by atoms with E-state index in [2.05, 4.69) is 10.3 Å². The lowest BCUT2D eigenvalue weighted by molar-refractivity contribution is 0.134. The Hall–Kier alpha value is -2.01. The van der Waals surface area contributed by atoms with Gasteiger partial charge in [-0.2, -0.15) is 0 Å². The summed E-state index contributed by atoms with van der Waals surface area (Å²) in [5.74, 6) is 0.743. The molecule has 1 fully saturated rings. The van der Waals surface area contributed by atoms with Gasteiger partial charge in [0.15, 0.2) is 0 Å². The van der Waals surface area contributed by atoms with Gasteiger partial charge in [-0.3, -0.25) is 0 Å². The first-order chi connectivity index (χ1) is 10.1. The maximum absolute atomic E-state index is 10.9. The average Bonchev–Trinajstić information content (AvgIpc) is 2.48. The first kappa shape index (κ1) is 13.9. The molecule has 0 saturated carbocycles. The van der Waals surface area contributed by atoms with E-state index in [4.69, 9.17) is 16.7 Å². The van der Waals surface area contributed by atoms with Crippen LogP contribution in [0.25, 0.3) is 10.9 Å². The van der Waals surface area contributed by atoms with Crippen molar-refractivity contribution in [3.63, 3.8) is 0 Å². The van der Waals surface area contributed by atoms with Crippen molar-refractivity contribution in [2.75, 3.05) is 18.4 Å². The van der Waals surface area contributed by atoms with Crippen molar-refractivity contribution in [3.05, 3.63) is 35.4 Å². The Morgan fingerprint density at radius 1 is 1.33 bits per heavy atom. The standard InChI is InChI=1S/C15H16ClN3O2/c16-12-9-14(18-13-4-2-1-3-11(12)13)17-10-5-7-19(8-6-10)15(20)21/h1-4,9-10H,5-8H2,(H,17,18)(H,20,21). The van der Waals surface area contributed by atoms with Crippen LogP contribution in [0.2, 0.25) is 5.02 Å². The van der Waals surface area contributed by atoms with E-state index in [0.717, 1.165) is 29.6 Å². The molecule has 1 aromatic carbocycles. The number of carbonyl (C=O) groups is 1.